The highest BCUT2D eigenvalue weighted by molar-refractivity contribution is 4.70. The largest absolute Gasteiger partial charge is 0.396 e. The van der Waals surface area contributed by atoms with Crippen molar-refractivity contribution in [2.24, 2.45) is 11.8 Å². The molecule has 1 rings (SSSR count). The normalized spacial score (nSPS) is 19.9. The highest BCUT2D eigenvalue weighted by atomic mass is 16.2. The summed E-state index contributed by atoms with van der Waals surface area (Å²) >= 11 is 0. The third-order valence-electron chi connectivity index (χ3n) is 4.11. The predicted octanol–water partition coefficient (Wildman–Crippen LogP) is 4.54. The van der Waals surface area contributed by atoms with Crippen molar-refractivity contribution in [1.29, 1.82) is 0 Å². The molecule has 1 nitrogen and oxygen atoms in total. The number of unbranched alkanes of at least 4 members (excludes halogenated alkanes) is 1. The van der Waals surface area contributed by atoms with Gasteiger partial charge in [0.2, 0.25) is 0 Å². The quantitative estimate of drug-likeness (QED) is 0.603. The van der Waals surface area contributed by atoms with E-state index >= 15 is 0 Å². The summed E-state index contributed by atoms with van der Waals surface area (Å²) in [6, 6.07) is 0. The van der Waals surface area contributed by atoms with Crippen LogP contribution in [0.25, 0.3) is 0 Å². The third-order valence-corrected chi connectivity index (χ3v) is 4.11. The summed E-state index contributed by atoms with van der Waals surface area (Å²) in [5, 5.41) is 8.83. The van der Waals surface area contributed by atoms with Crippen LogP contribution in [0.3, 0.4) is 0 Å². The monoisotopic (exact) mass is 226 g/mol. The summed E-state index contributed by atoms with van der Waals surface area (Å²) in [7, 11) is 0. The lowest BCUT2D eigenvalue weighted by atomic mass is 9.80. The Bertz CT molecular complexity index is 150. The van der Waals surface area contributed by atoms with Crippen LogP contribution in [0.5, 0.6) is 0 Å². The van der Waals surface area contributed by atoms with Crippen molar-refractivity contribution in [3.8, 4) is 0 Å². The van der Waals surface area contributed by atoms with E-state index in [0.717, 1.165) is 18.3 Å². The van der Waals surface area contributed by atoms with Crippen LogP contribution in [-0.4, -0.2) is 11.7 Å². The Morgan fingerprint density at radius 2 is 1.81 bits per heavy atom. The summed E-state index contributed by atoms with van der Waals surface area (Å²) < 4.78 is 0. The van der Waals surface area contributed by atoms with Crippen LogP contribution in [0.1, 0.15) is 77.6 Å². The summed E-state index contributed by atoms with van der Waals surface area (Å²) in [5.74, 6) is 1.97. The van der Waals surface area contributed by atoms with Crippen LogP contribution < -0.4 is 0 Å². The molecule has 0 radical (unpaired) electrons. The van der Waals surface area contributed by atoms with Crippen molar-refractivity contribution in [2.45, 2.75) is 77.6 Å². The maximum absolute atomic E-state index is 8.83. The first kappa shape index (κ1) is 14.0. The van der Waals surface area contributed by atoms with Crippen LogP contribution in [0, 0.1) is 11.8 Å². The van der Waals surface area contributed by atoms with E-state index in [-0.39, 0.29) is 0 Å². The smallest absolute Gasteiger partial charge is 0.0431 e. The maximum atomic E-state index is 8.83. The fourth-order valence-electron chi connectivity index (χ4n) is 3.23. The Kier molecular flexibility index (Phi) is 7.92. The Labute approximate surface area is 102 Å². The molecule has 0 bridgehead atoms. The van der Waals surface area contributed by atoms with Crippen LogP contribution in [0.4, 0.5) is 0 Å². The van der Waals surface area contributed by atoms with Crippen LogP contribution in [0.15, 0.2) is 0 Å². The van der Waals surface area contributed by atoms with Gasteiger partial charge in [0.05, 0.1) is 0 Å². The van der Waals surface area contributed by atoms with E-state index in [4.69, 9.17) is 5.11 Å². The lowest BCUT2D eigenvalue weighted by molar-refractivity contribution is 0.249. The summed E-state index contributed by atoms with van der Waals surface area (Å²) in [4.78, 5) is 0. The lowest BCUT2D eigenvalue weighted by Crippen LogP contribution is -2.12. The molecule has 1 heteroatoms. The van der Waals surface area contributed by atoms with E-state index in [1.807, 2.05) is 0 Å². The maximum Gasteiger partial charge on any atom is 0.0431 e. The van der Waals surface area contributed by atoms with Gasteiger partial charge in [0.25, 0.3) is 0 Å². The standard InChI is InChI=1S/C15H30O/c1-2-8-14(11-6-7-12-16)13-15-9-4-3-5-10-15/h14-16H,2-13H2,1H3/t14-/m1/s1. The van der Waals surface area contributed by atoms with Gasteiger partial charge in [-0.2, -0.15) is 0 Å². The molecule has 0 aromatic carbocycles. The molecule has 0 aromatic rings. The molecule has 0 aliphatic heterocycles. The number of rotatable bonds is 8. The minimum absolute atomic E-state index is 0.377. The van der Waals surface area contributed by atoms with Gasteiger partial charge in [-0.1, -0.05) is 64.7 Å². The van der Waals surface area contributed by atoms with E-state index in [9.17, 15) is 0 Å². The molecule has 1 fully saturated rings. The Morgan fingerprint density at radius 3 is 2.44 bits per heavy atom. The van der Waals surface area contributed by atoms with Gasteiger partial charge in [-0.05, 0) is 24.7 Å². The molecule has 1 aliphatic carbocycles. The van der Waals surface area contributed by atoms with Gasteiger partial charge in [-0.25, -0.2) is 0 Å². The van der Waals surface area contributed by atoms with Crippen molar-refractivity contribution >= 4 is 0 Å². The average Bonchev–Trinajstić information content (AvgIpc) is 2.31. The summed E-state index contributed by atoms with van der Waals surface area (Å²) in [6.07, 6.45) is 15.2. The van der Waals surface area contributed by atoms with Gasteiger partial charge in [-0.3, -0.25) is 0 Å². The van der Waals surface area contributed by atoms with Gasteiger partial charge in [-0.15, -0.1) is 0 Å². The van der Waals surface area contributed by atoms with Crippen molar-refractivity contribution in [3.63, 3.8) is 0 Å². The van der Waals surface area contributed by atoms with E-state index in [1.165, 1.54) is 64.2 Å². The summed E-state index contributed by atoms with van der Waals surface area (Å²) in [5.41, 5.74) is 0. The molecule has 0 heterocycles. The molecule has 0 spiro atoms. The number of hydrogen-bond donors (Lipinski definition) is 1. The second-order valence-electron chi connectivity index (χ2n) is 5.61. The molecule has 1 aliphatic rings. The highest BCUT2D eigenvalue weighted by Crippen LogP contribution is 2.32. The molecular weight excluding hydrogens is 196 g/mol. The Balaban J connectivity index is 2.19. The Morgan fingerprint density at radius 1 is 1.06 bits per heavy atom. The van der Waals surface area contributed by atoms with Crippen molar-refractivity contribution < 1.29 is 5.11 Å². The lowest BCUT2D eigenvalue weighted by Gasteiger charge is -2.26. The molecule has 1 saturated carbocycles. The van der Waals surface area contributed by atoms with Crippen LogP contribution in [0.2, 0.25) is 0 Å². The molecule has 1 N–H and O–H groups in total. The first-order valence-electron chi connectivity index (χ1n) is 7.47. The average molecular weight is 226 g/mol. The van der Waals surface area contributed by atoms with Gasteiger partial charge in [0.15, 0.2) is 0 Å². The van der Waals surface area contributed by atoms with Crippen molar-refractivity contribution in [3.05, 3.63) is 0 Å². The number of aliphatic hydroxyl groups excluding tert-OH is 1. The summed E-state index contributed by atoms with van der Waals surface area (Å²) in [6.45, 7) is 2.68. The molecule has 0 saturated heterocycles. The molecular formula is C15H30O. The molecule has 1 atom stereocenters. The number of aliphatic hydroxyl groups is 1. The van der Waals surface area contributed by atoms with Crippen molar-refractivity contribution in [2.75, 3.05) is 6.61 Å². The third kappa shape index (κ3) is 5.89. The molecule has 16 heavy (non-hydrogen) atoms. The van der Waals surface area contributed by atoms with Crippen LogP contribution in [-0.2, 0) is 0 Å². The second kappa shape index (κ2) is 9.04. The molecule has 96 valence electrons. The van der Waals surface area contributed by atoms with E-state index in [0.29, 0.717) is 6.61 Å². The molecule has 0 amide bonds. The van der Waals surface area contributed by atoms with Gasteiger partial charge in [0, 0.05) is 6.61 Å². The predicted molar refractivity (Wildman–Crippen MR) is 70.5 cm³/mol. The zero-order valence-electron chi connectivity index (χ0n) is 11.1. The van der Waals surface area contributed by atoms with Crippen molar-refractivity contribution in [1.82, 2.24) is 0 Å². The zero-order valence-corrected chi connectivity index (χ0v) is 11.1. The topological polar surface area (TPSA) is 20.2 Å². The molecule has 0 unspecified atom stereocenters. The van der Waals surface area contributed by atoms with E-state index < -0.39 is 0 Å². The highest BCUT2D eigenvalue weighted by Gasteiger charge is 2.18. The first-order chi connectivity index (χ1) is 7.86. The minimum Gasteiger partial charge on any atom is -0.396 e. The Hall–Kier alpha value is -0.0400. The first-order valence-corrected chi connectivity index (χ1v) is 7.47. The fraction of sp³-hybridized carbons (Fsp3) is 1.00. The van der Waals surface area contributed by atoms with Gasteiger partial charge < -0.3 is 5.11 Å². The zero-order chi connectivity index (χ0) is 11.6. The second-order valence-corrected chi connectivity index (χ2v) is 5.61. The number of hydrogen-bond acceptors (Lipinski definition) is 1. The fourth-order valence-corrected chi connectivity index (χ4v) is 3.23. The SMILES string of the molecule is CCC[C@H](CCCCO)CC1CCCCC1. The van der Waals surface area contributed by atoms with E-state index in [2.05, 4.69) is 6.92 Å². The van der Waals surface area contributed by atoms with Gasteiger partial charge in [0.1, 0.15) is 0 Å². The van der Waals surface area contributed by atoms with E-state index in [1.54, 1.807) is 0 Å². The molecule has 0 aromatic heterocycles. The minimum atomic E-state index is 0.377. The van der Waals surface area contributed by atoms with Gasteiger partial charge >= 0.3 is 0 Å². The van der Waals surface area contributed by atoms with Crippen LogP contribution >= 0.6 is 0 Å².